The quantitative estimate of drug-likeness (QED) is 0.567. The highest BCUT2D eigenvalue weighted by Gasteiger charge is 2.28. The van der Waals surface area contributed by atoms with Gasteiger partial charge in [-0.2, -0.15) is 4.31 Å². The molecular formula is C21H26N2O6S2. The minimum absolute atomic E-state index is 0.127. The first-order valence-electron chi connectivity index (χ1n) is 9.72. The van der Waals surface area contributed by atoms with Crippen LogP contribution in [0.15, 0.2) is 46.2 Å². The van der Waals surface area contributed by atoms with E-state index in [0.29, 0.717) is 36.0 Å². The lowest BCUT2D eigenvalue weighted by molar-refractivity contribution is -0.113. The zero-order chi connectivity index (χ0) is 22.4. The molecule has 31 heavy (non-hydrogen) atoms. The molecule has 2 aromatic carbocycles. The van der Waals surface area contributed by atoms with Gasteiger partial charge in [-0.25, -0.2) is 8.42 Å². The third-order valence-corrected chi connectivity index (χ3v) is 7.76. The SMILES string of the molecule is COc1ccc(S(=O)(=O)N2CCCC2)cc1NC(=O)CSc1ccc(OC)c(OC)c1. The second-order valence-corrected chi connectivity index (χ2v) is 9.81. The van der Waals surface area contributed by atoms with Crippen LogP contribution in [-0.2, 0) is 14.8 Å². The number of nitrogens with one attached hydrogen (secondary N) is 1. The summed E-state index contributed by atoms with van der Waals surface area (Å²) in [6, 6.07) is 9.91. The van der Waals surface area contributed by atoms with Crippen molar-refractivity contribution in [1.82, 2.24) is 4.31 Å². The predicted octanol–water partition coefficient (Wildman–Crippen LogP) is 3.23. The number of anilines is 1. The summed E-state index contributed by atoms with van der Waals surface area (Å²) in [5.41, 5.74) is 0.320. The number of carbonyl (C=O) groups excluding carboxylic acids is 1. The van der Waals surface area contributed by atoms with Gasteiger partial charge in [-0.15, -0.1) is 11.8 Å². The van der Waals surface area contributed by atoms with Crippen molar-refractivity contribution < 1.29 is 27.4 Å². The van der Waals surface area contributed by atoms with Crippen LogP contribution in [0.4, 0.5) is 5.69 Å². The number of thioether (sulfide) groups is 1. The number of nitrogens with zero attached hydrogens (tertiary/aromatic N) is 1. The van der Waals surface area contributed by atoms with Crippen molar-refractivity contribution in [3.05, 3.63) is 36.4 Å². The highest BCUT2D eigenvalue weighted by Crippen LogP contribution is 2.33. The number of amides is 1. The van der Waals surface area contributed by atoms with Gasteiger partial charge < -0.3 is 19.5 Å². The third-order valence-electron chi connectivity index (χ3n) is 4.87. The molecule has 8 nitrogen and oxygen atoms in total. The summed E-state index contributed by atoms with van der Waals surface area (Å²) in [7, 11) is 0.983. The largest absolute Gasteiger partial charge is 0.495 e. The van der Waals surface area contributed by atoms with E-state index in [2.05, 4.69) is 5.32 Å². The van der Waals surface area contributed by atoms with Crippen molar-refractivity contribution in [2.45, 2.75) is 22.6 Å². The second kappa shape index (κ2) is 10.3. The Hall–Kier alpha value is -2.43. The Morgan fingerprint density at radius 3 is 2.26 bits per heavy atom. The number of carbonyl (C=O) groups is 1. The van der Waals surface area contributed by atoms with Crippen LogP contribution < -0.4 is 19.5 Å². The number of methoxy groups -OCH3 is 3. The molecule has 10 heteroatoms. The van der Waals surface area contributed by atoms with E-state index in [4.69, 9.17) is 14.2 Å². The van der Waals surface area contributed by atoms with Crippen LogP contribution in [0.25, 0.3) is 0 Å². The fourth-order valence-corrected chi connectivity index (χ4v) is 5.53. The molecule has 1 saturated heterocycles. The summed E-state index contributed by atoms with van der Waals surface area (Å²) in [6.45, 7) is 1.02. The van der Waals surface area contributed by atoms with Gasteiger partial charge in [0.05, 0.1) is 37.7 Å². The Bertz CT molecular complexity index is 1040. The zero-order valence-corrected chi connectivity index (χ0v) is 19.3. The van der Waals surface area contributed by atoms with E-state index < -0.39 is 10.0 Å². The fourth-order valence-electron chi connectivity index (χ4n) is 3.26. The Kier molecular flexibility index (Phi) is 7.69. The molecule has 0 atom stereocenters. The average molecular weight is 467 g/mol. The Labute approximate surface area is 186 Å². The molecule has 0 aromatic heterocycles. The predicted molar refractivity (Wildman–Crippen MR) is 120 cm³/mol. The standard InChI is InChI=1S/C21H26N2O6S2/c1-27-18-9-7-16(31(25,26)23-10-4-5-11-23)13-17(18)22-21(24)14-30-15-6-8-19(28-2)20(12-15)29-3/h6-9,12-13H,4-5,10-11,14H2,1-3H3,(H,22,24). The van der Waals surface area contributed by atoms with Gasteiger partial charge in [0.25, 0.3) is 0 Å². The zero-order valence-electron chi connectivity index (χ0n) is 17.7. The molecule has 2 aromatic rings. The summed E-state index contributed by atoms with van der Waals surface area (Å²) >= 11 is 1.33. The van der Waals surface area contributed by atoms with Gasteiger partial charge in [0.2, 0.25) is 15.9 Å². The highest BCUT2D eigenvalue weighted by molar-refractivity contribution is 8.00. The van der Waals surface area contributed by atoms with Gasteiger partial charge in [0.15, 0.2) is 11.5 Å². The van der Waals surface area contributed by atoms with Crippen molar-refractivity contribution in [2.24, 2.45) is 0 Å². The van der Waals surface area contributed by atoms with Crippen LogP contribution in [0, 0.1) is 0 Å². The minimum Gasteiger partial charge on any atom is -0.495 e. The summed E-state index contributed by atoms with van der Waals surface area (Å²) in [5, 5.41) is 2.76. The van der Waals surface area contributed by atoms with Crippen LogP contribution in [-0.4, -0.2) is 58.8 Å². The molecule has 1 heterocycles. The van der Waals surface area contributed by atoms with Crippen molar-refractivity contribution in [2.75, 3.05) is 45.5 Å². The van der Waals surface area contributed by atoms with Crippen LogP contribution in [0.3, 0.4) is 0 Å². The number of hydrogen-bond donors (Lipinski definition) is 1. The maximum Gasteiger partial charge on any atom is 0.243 e. The molecule has 0 aliphatic carbocycles. The normalized spacial score (nSPS) is 14.3. The summed E-state index contributed by atoms with van der Waals surface area (Å²) in [6.07, 6.45) is 1.71. The van der Waals surface area contributed by atoms with E-state index in [1.807, 2.05) is 6.07 Å². The first-order valence-corrected chi connectivity index (χ1v) is 12.1. The first-order chi connectivity index (χ1) is 14.9. The molecule has 1 aliphatic heterocycles. The Morgan fingerprint density at radius 1 is 0.968 bits per heavy atom. The van der Waals surface area contributed by atoms with Crippen LogP contribution in [0.1, 0.15) is 12.8 Å². The first kappa shape index (κ1) is 23.2. The average Bonchev–Trinajstić information content (AvgIpc) is 3.33. The highest BCUT2D eigenvalue weighted by atomic mass is 32.2. The van der Waals surface area contributed by atoms with Crippen LogP contribution >= 0.6 is 11.8 Å². The summed E-state index contributed by atoms with van der Waals surface area (Å²) in [5.74, 6) is 1.42. The van der Waals surface area contributed by atoms with Gasteiger partial charge in [0.1, 0.15) is 5.75 Å². The molecule has 168 valence electrons. The van der Waals surface area contributed by atoms with Gasteiger partial charge in [-0.3, -0.25) is 4.79 Å². The number of benzene rings is 2. The molecule has 0 unspecified atom stereocenters. The monoisotopic (exact) mass is 466 g/mol. The molecular weight excluding hydrogens is 440 g/mol. The third kappa shape index (κ3) is 5.44. The molecule has 1 amide bonds. The maximum atomic E-state index is 12.8. The van der Waals surface area contributed by atoms with E-state index in [-0.39, 0.29) is 16.6 Å². The van der Waals surface area contributed by atoms with Gasteiger partial charge in [0, 0.05) is 18.0 Å². The van der Waals surface area contributed by atoms with Crippen molar-refractivity contribution in [3.8, 4) is 17.2 Å². The van der Waals surface area contributed by atoms with E-state index >= 15 is 0 Å². The van der Waals surface area contributed by atoms with E-state index in [0.717, 1.165) is 17.7 Å². The molecule has 0 saturated carbocycles. The van der Waals surface area contributed by atoms with E-state index in [9.17, 15) is 13.2 Å². The maximum absolute atomic E-state index is 12.8. The number of ether oxygens (including phenoxy) is 3. The second-order valence-electron chi connectivity index (χ2n) is 6.83. The molecule has 3 rings (SSSR count). The topological polar surface area (TPSA) is 94.2 Å². The van der Waals surface area contributed by atoms with Crippen molar-refractivity contribution in [1.29, 1.82) is 0 Å². The number of hydrogen-bond acceptors (Lipinski definition) is 7. The van der Waals surface area contributed by atoms with Gasteiger partial charge in [-0.1, -0.05) is 0 Å². The summed E-state index contributed by atoms with van der Waals surface area (Å²) < 4.78 is 42.9. The minimum atomic E-state index is -3.60. The molecule has 1 aliphatic rings. The molecule has 1 N–H and O–H groups in total. The molecule has 0 bridgehead atoms. The van der Waals surface area contributed by atoms with Crippen LogP contribution in [0.5, 0.6) is 17.2 Å². The molecule has 0 spiro atoms. The van der Waals surface area contributed by atoms with Gasteiger partial charge in [-0.05, 0) is 49.2 Å². The smallest absolute Gasteiger partial charge is 0.243 e. The van der Waals surface area contributed by atoms with Crippen molar-refractivity contribution in [3.63, 3.8) is 0 Å². The fraction of sp³-hybridized carbons (Fsp3) is 0.381. The number of rotatable bonds is 9. The molecule has 1 fully saturated rings. The lowest BCUT2D eigenvalue weighted by Gasteiger charge is -2.17. The number of sulfonamides is 1. The summed E-state index contributed by atoms with van der Waals surface area (Å²) in [4.78, 5) is 13.5. The van der Waals surface area contributed by atoms with E-state index in [1.54, 1.807) is 32.4 Å². The lowest BCUT2D eigenvalue weighted by atomic mass is 10.3. The molecule has 0 radical (unpaired) electrons. The van der Waals surface area contributed by atoms with E-state index in [1.165, 1.54) is 35.3 Å². The van der Waals surface area contributed by atoms with Crippen LogP contribution in [0.2, 0.25) is 0 Å². The Balaban J connectivity index is 1.71. The lowest BCUT2D eigenvalue weighted by Crippen LogP contribution is -2.28. The Morgan fingerprint density at radius 2 is 1.61 bits per heavy atom. The van der Waals surface area contributed by atoms with Gasteiger partial charge >= 0.3 is 0 Å². The van der Waals surface area contributed by atoms with Crippen molar-refractivity contribution >= 4 is 33.4 Å².